The molecule has 1 aromatic heterocycles. The maximum Gasteiger partial charge on any atom is 0.251 e. The normalized spacial score (nSPS) is 17.4. The molecule has 1 N–H and O–H groups in total. The molecule has 6 nitrogen and oxygen atoms in total. The van der Waals surface area contributed by atoms with Gasteiger partial charge in [0.2, 0.25) is 5.91 Å². The lowest BCUT2D eigenvalue weighted by molar-refractivity contribution is -0.113. The predicted molar refractivity (Wildman–Crippen MR) is 91.5 cm³/mol. The fourth-order valence-electron chi connectivity index (χ4n) is 3.11. The predicted octanol–water partition coefficient (Wildman–Crippen LogP) is 3.19. The number of nitrogens with zero attached hydrogens (tertiary/aromatic N) is 2. The molecule has 1 aliphatic carbocycles. The van der Waals surface area contributed by atoms with Gasteiger partial charge in [0.15, 0.2) is 16.7 Å². The second kappa shape index (κ2) is 6.05. The Morgan fingerprint density at radius 2 is 2.12 bits per heavy atom. The van der Waals surface area contributed by atoms with Gasteiger partial charge in [0.1, 0.15) is 0 Å². The molecule has 0 unspecified atom stereocenters. The number of imidazole rings is 1. The molecular weight excluding hydrogens is 326 g/mol. The molecule has 1 aliphatic heterocycles. The highest BCUT2D eigenvalue weighted by atomic mass is 32.2. The van der Waals surface area contributed by atoms with Crippen molar-refractivity contribution in [2.75, 3.05) is 11.1 Å². The molecular formula is C17H19N3O3S. The fourth-order valence-corrected chi connectivity index (χ4v) is 3.84. The van der Waals surface area contributed by atoms with Gasteiger partial charge in [-0.05, 0) is 25.0 Å². The summed E-state index contributed by atoms with van der Waals surface area (Å²) in [5.74, 6) is 1.24. The maximum atomic E-state index is 12.1. The number of ether oxygens (including phenoxy) is 2. The van der Waals surface area contributed by atoms with E-state index < -0.39 is 5.79 Å². The van der Waals surface area contributed by atoms with Crippen LogP contribution < -0.4 is 14.8 Å². The molecule has 1 aromatic carbocycles. The number of carbonyl (C=O) groups is 1. The molecule has 2 aliphatic rings. The van der Waals surface area contributed by atoms with Crippen LogP contribution in [0, 0.1) is 0 Å². The number of hydrogen-bond donors (Lipinski definition) is 1. The first kappa shape index (κ1) is 15.4. The average molecular weight is 345 g/mol. The SMILES string of the molecule is Cn1ccnc1SCC(=O)Nc1ccc2c(c1)OC1(CCCC1)O2. The van der Waals surface area contributed by atoms with Crippen LogP contribution in [0.2, 0.25) is 0 Å². The van der Waals surface area contributed by atoms with Crippen LogP contribution in [-0.4, -0.2) is 27.0 Å². The second-order valence-corrected chi connectivity index (χ2v) is 7.08. The fraction of sp³-hybridized carbons (Fsp3) is 0.412. The quantitative estimate of drug-likeness (QED) is 0.862. The monoisotopic (exact) mass is 345 g/mol. The summed E-state index contributed by atoms with van der Waals surface area (Å²) in [5.41, 5.74) is 0.720. The topological polar surface area (TPSA) is 65.4 Å². The summed E-state index contributed by atoms with van der Waals surface area (Å²) in [4.78, 5) is 16.3. The molecule has 1 fully saturated rings. The molecule has 7 heteroatoms. The van der Waals surface area contributed by atoms with Gasteiger partial charge in [-0.1, -0.05) is 11.8 Å². The van der Waals surface area contributed by atoms with Crippen LogP contribution in [0.25, 0.3) is 0 Å². The Balaban J connectivity index is 1.38. The third-order valence-electron chi connectivity index (χ3n) is 4.29. The smallest absolute Gasteiger partial charge is 0.251 e. The van der Waals surface area contributed by atoms with Gasteiger partial charge in [-0.15, -0.1) is 0 Å². The van der Waals surface area contributed by atoms with Crippen LogP contribution in [0.15, 0.2) is 35.7 Å². The van der Waals surface area contributed by atoms with E-state index >= 15 is 0 Å². The Morgan fingerprint density at radius 1 is 1.33 bits per heavy atom. The average Bonchev–Trinajstić information content (AvgIpc) is 3.26. The zero-order valence-corrected chi connectivity index (χ0v) is 14.3. The third kappa shape index (κ3) is 2.96. The minimum absolute atomic E-state index is 0.0718. The van der Waals surface area contributed by atoms with Gasteiger partial charge in [-0.25, -0.2) is 4.98 Å². The van der Waals surface area contributed by atoms with E-state index in [2.05, 4.69) is 10.3 Å². The minimum atomic E-state index is -0.473. The summed E-state index contributed by atoms with van der Waals surface area (Å²) in [7, 11) is 1.91. The first-order valence-corrected chi connectivity index (χ1v) is 9.04. The Kier molecular flexibility index (Phi) is 3.88. The summed E-state index contributed by atoms with van der Waals surface area (Å²) >= 11 is 1.41. The summed E-state index contributed by atoms with van der Waals surface area (Å²) < 4.78 is 13.9. The Hall–Kier alpha value is -2.15. The highest BCUT2D eigenvalue weighted by Gasteiger charge is 2.44. The number of hydrogen-bond acceptors (Lipinski definition) is 5. The summed E-state index contributed by atoms with van der Waals surface area (Å²) in [5, 5.41) is 3.72. The maximum absolute atomic E-state index is 12.1. The van der Waals surface area contributed by atoms with Crippen molar-refractivity contribution < 1.29 is 14.3 Å². The van der Waals surface area contributed by atoms with Crippen LogP contribution >= 0.6 is 11.8 Å². The molecule has 1 amide bonds. The Morgan fingerprint density at radius 3 is 2.88 bits per heavy atom. The van der Waals surface area contributed by atoms with E-state index in [1.54, 1.807) is 6.20 Å². The molecule has 4 rings (SSSR count). The number of fused-ring (bicyclic) bond motifs is 1. The highest BCUT2D eigenvalue weighted by Crippen LogP contribution is 2.47. The van der Waals surface area contributed by atoms with Gasteiger partial charge >= 0.3 is 0 Å². The lowest BCUT2D eigenvalue weighted by atomic mass is 10.2. The standard InChI is InChI=1S/C17H19N3O3S/c1-20-9-8-18-16(20)24-11-15(21)19-12-4-5-13-14(10-12)23-17(22-13)6-2-3-7-17/h4-5,8-10H,2-3,6-7,11H2,1H3,(H,19,21). The van der Waals surface area contributed by atoms with E-state index in [0.717, 1.165) is 42.3 Å². The van der Waals surface area contributed by atoms with Gasteiger partial charge in [0.05, 0.1) is 5.75 Å². The number of carbonyl (C=O) groups excluding carboxylic acids is 1. The highest BCUT2D eigenvalue weighted by molar-refractivity contribution is 7.99. The van der Waals surface area contributed by atoms with Crippen molar-refractivity contribution >= 4 is 23.4 Å². The van der Waals surface area contributed by atoms with Crippen molar-refractivity contribution in [2.45, 2.75) is 36.6 Å². The molecule has 24 heavy (non-hydrogen) atoms. The van der Waals surface area contributed by atoms with Gasteiger partial charge in [0.25, 0.3) is 5.79 Å². The summed E-state index contributed by atoms with van der Waals surface area (Å²) in [6, 6.07) is 5.55. The third-order valence-corrected chi connectivity index (χ3v) is 5.35. The van der Waals surface area contributed by atoms with Crippen LogP contribution in [0.4, 0.5) is 5.69 Å². The van der Waals surface area contributed by atoms with Crippen molar-refractivity contribution in [1.29, 1.82) is 0 Å². The number of rotatable bonds is 4. The van der Waals surface area contributed by atoms with Crippen LogP contribution in [0.3, 0.4) is 0 Å². The van der Waals surface area contributed by atoms with Crippen LogP contribution in [0.1, 0.15) is 25.7 Å². The Labute approximate surface area is 144 Å². The van der Waals surface area contributed by atoms with E-state index in [-0.39, 0.29) is 5.91 Å². The molecule has 2 heterocycles. The lowest BCUT2D eigenvalue weighted by Crippen LogP contribution is -2.34. The van der Waals surface area contributed by atoms with Crippen molar-refractivity contribution in [3.63, 3.8) is 0 Å². The molecule has 0 bridgehead atoms. The molecule has 0 saturated heterocycles. The number of benzene rings is 1. The first-order valence-electron chi connectivity index (χ1n) is 8.06. The number of amides is 1. The molecule has 1 spiro atoms. The van der Waals surface area contributed by atoms with Crippen molar-refractivity contribution in [3.05, 3.63) is 30.6 Å². The molecule has 1 saturated carbocycles. The van der Waals surface area contributed by atoms with Gasteiger partial charge in [-0.3, -0.25) is 4.79 Å². The summed E-state index contributed by atoms with van der Waals surface area (Å²) in [6.07, 6.45) is 7.67. The van der Waals surface area contributed by atoms with E-state index in [1.807, 2.05) is 36.0 Å². The first-order chi connectivity index (χ1) is 11.6. The number of anilines is 1. The number of aromatic nitrogens is 2. The number of thioether (sulfide) groups is 1. The molecule has 0 radical (unpaired) electrons. The summed E-state index contributed by atoms with van der Waals surface area (Å²) in [6.45, 7) is 0. The number of aryl methyl sites for hydroxylation is 1. The van der Waals surface area contributed by atoms with Gasteiger partial charge in [-0.2, -0.15) is 0 Å². The number of nitrogens with one attached hydrogen (secondary N) is 1. The van der Waals surface area contributed by atoms with E-state index in [1.165, 1.54) is 11.8 Å². The van der Waals surface area contributed by atoms with E-state index in [4.69, 9.17) is 9.47 Å². The second-order valence-electron chi connectivity index (χ2n) is 6.14. The largest absolute Gasteiger partial charge is 0.448 e. The van der Waals surface area contributed by atoms with Gasteiger partial charge in [0, 0.05) is 44.0 Å². The van der Waals surface area contributed by atoms with Crippen LogP contribution in [0.5, 0.6) is 11.5 Å². The molecule has 2 aromatic rings. The zero-order valence-electron chi connectivity index (χ0n) is 13.4. The zero-order chi connectivity index (χ0) is 16.6. The molecule has 126 valence electrons. The lowest BCUT2D eigenvalue weighted by Gasteiger charge is -2.21. The van der Waals surface area contributed by atoms with Crippen molar-refractivity contribution in [3.8, 4) is 11.5 Å². The van der Waals surface area contributed by atoms with Crippen molar-refractivity contribution in [2.24, 2.45) is 7.05 Å². The van der Waals surface area contributed by atoms with E-state index in [0.29, 0.717) is 11.5 Å². The molecule has 0 atom stereocenters. The van der Waals surface area contributed by atoms with Crippen molar-refractivity contribution in [1.82, 2.24) is 9.55 Å². The van der Waals surface area contributed by atoms with E-state index in [9.17, 15) is 4.79 Å². The minimum Gasteiger partial charge on any atom is -0.448 e. The van der Waals surface area contributed by atoms with Gasteiger partial charge < -0.3 is 19.4 Å². The van der Waals surface area contributed by atoms with Crippen LogP contribution in [-0.2, 0) is 11.8 Å². The Bertz CT molecular complexity index is 768.